The van der Waals surface area contributed by atoms with Gasteiger partial charge in [-0.2, -0.15) is 0 Å². The lowest BCUT2D eigenvalue weighted by Gasteiger charge is -2.15. The Bertz CT molecular complexity index is 483. The van der Waals surface area contributed by atoms with Crippen LogP contribution < -0.4 is 0 Å². The first-order valence-electron chi connectivity index (χ1n) is 6.43. The third-order valence-corrected chi connectivity index (χ3v) is 3.12. The van der Waals surface area contributed by atoms with Gasteiger partial charge in [-0.05, 0) is 32.1 Å². The van der Waals surface area contributed by atoms with Crippen molar-refractivity contribution in [3.05, 3.63) is 41.7 Å². The maximum absolute atomic E-state index is 4.22. The van der Waals surface area contributed by atoms with E-state index in [1.165, 1.54) is 5.56 Å². The molecule has 0 fully saturated rings. The first-order chi connectivity index (χ1) is 8.72. The number of hydrogen-bond acceptors (Lipinski definition) is 3. The van der Waals surface area contributed by atoms with Crippen molar-refractivity contribution >= 4 is 0 Å². The van der Waals surface area contributed by atoms with Gasteiger partial charge in [0.15, 0.2) is 0 Å². The van der Waals surface area contributed by atoms with Crippen LogP contribution in [0.5, 0.6) is 0 Å². The fourth-order valence-electron chi connectivity index (χ4n) is 1.87. The molecule has 1 heterocycles. The Hall–Kier alpha value is -1.68. The van der Waals surface area contributed by atoms with Crippen molar-refractivity contribution in [1.82, 2.24) is 19.9 Å². The Balaban J connectivity index is 2.12. The topological polar surface area (TPSA) is 34.0 Å². The van der Waals surface area contributed by atoms with Gasteiger partial charge in [0.05, 0.1) is 17.6 Å². The Morgan fingerprint density at radius 2 is 1.78 bits per heavy atom. The highest BCUT2D eigenvalue weighted by Crippen LogP contribution is 2.09. The Labute approximate surface area is 108 Å². The van der Waals surface area contributed by atoms with E-state index in [1.807, 2.05) is 10.9 Å². The van der Waals surface area contributed by atoms with Gasteiger partial charge in [0.1, 0.15) is 0 Å². The third kappa shape index (κ3) is 2.96. The Kier molecular flexibility index (Phi) is 4.10. The quantitative estimate of drug-likeness (QED) is 0.810. The van der Waals surface area contributed by atoms with Gasteiger partial charge in [-0.25, -0.2) is 4.68 Å². The number of hydrogen-bond donors (Lipinski definition) is 0. The summed E-state index contributed by atoms with van der Waals surface area (Å²) in [4.78, 5) is 2.32. The fraction of sp³-hybridized carbons (Fsp3) is 0.429. The van der Waals surface area contributed by atoms with Crippen LogP contribution in [-0.4, -0.2) is 33.0 Å². The van der Waals surface area contributed by atoms with E-state index in [2.05, 4.69) is 60.2 Å². The molecule has 0 saturated carbocycles. The summed E-state index contributed by atoms with van der Waals surface area (Å²) in [6.07, 6.45) is 2.00. The monoisotopic (exact) mass is 244 g/mol. The number of aryl methyl sites for hydroxylation is 1. The van der Waals surface area contributed by atoms with Crippen molar-refractivity contribution in [2.75, 3.05) is 13.1 Å². The second-order valence-electron chi connectivity index (χ2n) is 4.45. The molecule has 4 nitrogen and oxygen atoms in total. The van der Waals surface area contributed by atoms with Crippen LogP contribution in [0, 0.1) is 6.92 Å². The first-order valence-corrected chi connectivity index (χ1v) is 6.43. The molecule has 2 rings (SSSR count). The lowest BCUT2D eigenvalue weighted by Crippen LogP contribution is -2.22. The summed E-state index contributed by atoms with van der Waals surface area (Å²) in [5.74, 6) is 0. The normalized spacial score (nSPS) is 11.1. The second-order valence-corrected chi connectivity index (χ2v) is 4.45. The lowest BCUT2D eigenvalue weighted by atomic mass is 10.2. The molecule has 96 valence electrons. The highest BCUT2D eigenvalue weighted by molar-refractivity contribution is 5.33. The number of rotatable bonds is 5. The van der Waals surface area contributed by atoms with Gasteiger partial charge in [-0.15, -0.1) is 5.10 Å². The van der Waals surface area contributed by atoms with Crippen LogP contribution in [0.3, 0.4) is 0 Å². The maximum atomic E-state index is 4.22. The molecule has 0 aliphatic heterocycles. The summed E-state index contributed by atoms with van der Waals surface area (Å²) in [6.45, 7) is 9.33. The highest BCUT2D eigenvalue weighted by Gasteiger charge is 2.06. The molecule has 0 bridgehead atoms. The van der Waals surface area contributed by atoms with Crippen molar-refractivity contribution in [3.8, 4) is 5.69 Å². The molecule has 0 amide bonds. The maximum Gasteiger partial charge on any atom is 0.0971 e. The molecule has 0 atom stereocenters. The molecule has 0 radical (unpaired) electrons. The highest BCUT2D eigenvalue weighted by atomic mass is 15.4. The minimum absolute atomic E-state index is 0.860. The molecule has 0 aliphatic rings. The zero-order valence-corrected chi connectivity index (χ0v) is 11.3. The molecule has 1 aromatic carbocycles. The second kappa shape index (κ2) is 5.78. The molecule has 2 aromatic rings. The average Bonchev–Trinajstić information content (AvgIpc) is 2.85. The minimum Gasteiger partial charge on any atom is -0.298 e. The minimum atomic E-state index is 0.860. The molecule has 18 heavy (non-hydrogen) atoms. The van der Waals surface area contributed by atoms with Gasteiger partial charge >= 0.3 is 0 Å². The predicted molar refractivity (Wildman–Crippen MR) is 72.7 cm³/mol. The SMILES string of the molecule is CCN(CC)Cc1cn(-c2ccc(C)cc2)nn1. The van der Waals surface area contributed by atoms with E-state index in [4.69, 9.17) is 0 Å². The van der Waals surface area contributed by atoms with Crippen LogP contribution in [0.25, 0.3) is 5.69 Å². The van der Waals surface area contributed by atoms with Crippen LogP contribution in [-0.2, 0) is 6.54 Å². The number of aromatic nitrogens is 3. The van der Waals surface area contributed by atoms with Crippen molar-refractivity contribution in [2.45, 2.75) is 27.3 Å². The van der Waals surface area contributed by atoms with Crippen LogP contribution in [0.15, 0.2) is 30.5 Å². The van der Waals surface area contributed by atoms with Gasteiger partial charge in [0, 0.05) is 6.54 Å². The van der Waals surface area contributed by atoms with Crippen LogP contribution in [0.1, 0.15) is 25.1 Å². The number of benzene rings is 1. The van der Waals surface area contributed by atoms with E-state index in [9.17, 15) is 0 Å². The zero-order chi connectivity index (χ0) is 13.0. The van der Waals surface area contributed by atoms with Crippen LogP contribution >= 0.6 is 0 Å². The summed E-state index contributed by atoms with van der Waals surface area (Å²) < 4.78 is 1.83. The summed E-state index contributed by atoms with van der Waals surface area (Å²) in [5, 5.41) is 8.40. The van der Waals surface area contributed by atoms with Gasteiger partial charge in [0.2, 0.25) is 0 Å². The largest absolute Gasteiger partial charge is 0.298 e. The molecular formula is C14H20N4. The summed E-state index contributed by atoms with van der Waals surface area (Å²) in [7, 11) is 0. The predicted octanol–water partition coefficient (Wildman–Crippen LogP) is 2.42. The smallest absolute Gasteiger partial charge is 0.0971 e. The third-order valence-electron chi connectivity index (χ3n) is 3.12. The van der Waals surface area contributed by atoms with Crippen molar-refractivity contribution in [2.24, 2.45) is 0 Å². The van der Waals surface area contributed by atoms with E-state index in [0.29, 0.717) is 0 Å². The Morgan fingerprint density at radius 1 is 1.11 bits per heavy atom. The Morgan fingerprint density at radius 3 is 2.39 bits per heavy atom. The zero-order valence-electron chi connectivity index (χ0n) is 11.3. The van der Waals surface area contributed by atoms with Crippen molar-refractivity contribution < 1.29 is 0 Å². The van der Waals surface area contributed by atoms with Crippen molar-refractivity contribution in [1.29, 1.82) is 0 Å². The molecule has 0 aliphatic carbocycles. The first kappa shape index (κ1) is 12.8. The van der Waals surface area contributed by atoms with Gasteiger partial charge in [0.25, 0.3) is 0 Å². The number of nitrogens with zero attached hydrogens (tertiary/aromatic N) is 4. The molecule has 0 spiro atoms. The van der Waals surface area contributed by atoms with E-state index in [-0.39, 0.29) is 0 Å². The molecule has 0 saturated heterocycles. The van der Waals surface area contributed by atoms with Crippen molar-refractivity contribution in [3.63, 3.8) is 0 Å². The van der Waals surface area contributed by atoms with Gasteiger partial charge in [-0.1, -0.05) is 36.8 Å². The average molecular weight is 244 g/mol. The fourth-order valence-corrected chi connectivity index (χ4v) is 1.87. The van der Waals surface area contributed by atoms with E-state index in [0.717, 1.165) is 31.0 Å². The summed E-state index contributed by atoms with van der Waals surface area (Å²) in [6, 6.07) is 8.29. The lowest BCUT2D eigenvalue weighted by molar-refractivity contribution is 0.292. The van der Waals surface area contributed by atoms with Crippen LogP contribution in [0.4, 0.5) is 0 Å². The molecule has 0 unspecified atom stereocenters. The summed E-state index contributed by atoms with van der Waals surface area (Å²) in [5.41, 5.74) is 3.32. The molecule has 4 heteroatoms. The molecular weight excluding hydrogens is 224 g/mol. The van der Waals surface area contributed by atoms with Gasteiger partial charge < -0.3 is 0 Å². The van der Waals surface area contributed by atoms with E-state index < -0.39 is 0 Å². The molecule has 0 N–H and O–H groups in total. The standard InChI is InChI=1S/C14H20N4/c1-4-17(5-2)10-13-11-18(16-15-13)14-8-6-12(3)7-9-14/h6-9,11H,4-5,10H2,1-3H3. The van der Waals surface area contributed by atoms with E-state index in [1.54, 1.807) is 0 Å². The van der Waals surface area contributed by atoms with E-state index >= 15 is 0 Å². The van der Waals surface area contributed by atoms with Gasteiger partial charge in [-0.3, -0.25) is 4.90 Å². The van der Waals surface area contributed by atoms with Crippen LogP contribution in [0.2, 0.25) is 0 Å². The summed E-state index contributed by atoms with van der Waals surface area (Å²) >= 11 is 0. The molecule has 1 aromatic heterocycles.